The van der Waals surface area contributed by atoms with Crippen LogP contribution in [-0.4, -0.2) is 0 Å². The maximum atomic E-state index is 3.55. The second-order valence-electron chi connectivity index (χ2n) is 3.88. The van der Waals surface area contributed by atoms with Crippen molar-refractivity contribution in [2.75, 3.05) is 0 Å². The van der Waals surface area contributed by atoms with E-state index in [2.05, 4.69) is 75.2 Å². The van der Waals surface area contributed by atoms with Gasteiger partial charge in [-0.25, -0.2) is 0 Å². The number of hydrogen-bond donors (Lipinski definition) is 0. The summed E-state index contributed by atoms with van der Waals surface area (Å²) in [5.74, 6) is 0. The summed E-state index contributed by atoms with van der Waals surface area (Å²) in [5.41, 5.74) is 3.65. The first kappa shape index (κ1) is 12.6. The molecule has 0 heterocycles. The summed E-state index contributed by atoms with van der Waals surface area (Å²) < 4.78 is 2.19. The van der Waals surface area contributed by atoms with Crippen molar-refractivity contribution in [2.45, 2.75) is 6.92 Å². The Labute approximate surface area is 119 Å². The molecule has 0 nitrogen and oxygen atoms in total. The molecule has 86 valence electrons. The van der Waals surface area contributed by atoms with Crippen LogP contribution in [-0.2, 0) is 0 Å². The van der Waals surface area contributed by atoms with Crippen LogP contribution in [0, 0.1) is 6.92 Å². The van der Waals surface area contributed by atoms with Crippen molar-refractivity contribution in [3.8, 4) is 0 Å². The molecule has 0 aliphatic heterocycles. The summed E-state index contributed by atoms with van der Waals surface area (Å²) in [6.07, 6.45) is 4.23. The summed E-state index contributed by atoms with van der Waals surface area (Å²) in [6.45, 7) is 2.10. The molecule has 0 N–H and O–H groups in total. The van der Waals surface area contributed by atoms with Crippen LogP contribution in [0.1, 0.15) is 16.7 Å². The number of rotatable bonds is 2. The topological polar surface area (TPSA) is 0 Å². The van der Waals surface area contributed by atoms with E-state index in [1.807, 2.05) is 18.2 Å². The van der Waals surface area contributed by atoms with Crippen molar-refractivity contribution in [1.29, 1.82) is 0 Å². The molecule has 0 fully saturated rings. The van der Waals surface area contributed by atoms with Crippen LogP contribution in [0.15, 0.2) is 51.4 Å². The van der Waals surface area contributed by atoms with Gasteiger partial charge < -0.3 is 0 Å². The molecule has 0 atom stereocenters. The van der Waals surface area contributed by atoms with Gasteiger partial charge in [0.25, 0.3) is 0 Å². The number of aryl methyl sites for hydroxylation is 1. The van der Waals surface area contributed by atoms with Gasteiger partial charge in [-0.3, -0.25) is 0 Å². The molecular weight excluding hydrogens is 340 g/mol. The van der Waals surface area contributed by atoms with E-state index in [1.54, 1.807) is 0 Å². The van der Waals surface area contributed by atoms with E-state index in [0.717, 1.165) is 14.5 Å². The quantitative estimate of drug-likeness (QED) is 0.609. The van der Waals surface area contributed by atoms with Gasteiger partial charge in [-0.2, -0.15) is 0 Å². The third-order valence-corrected chi connectivity index (χ3v) is 3.90. The summed E-state index contributed by atoms with van der Waals surface area (Å²) in [6, 6.07) is 14.6. The van der Waals surface area contributed by atoms with Gasteiger partial charge in [0.2, 0.25) is 0 Å². The SMILES string of the molecule is Cc1ccc(/C=C/c2c(Br)cccc2Br)cc1. The highest BCUT2D eigenvalue weighted by Crippen LogP contribution is 2.27. The second-order valence-corrected chi connectivity index (χ2v) is 5.59. The zero-order valence-corrected chi connectivity index (χ0v) is 12.6. The first-order valence-corrected chi connectivity index (χ1v) is 6.94. The molecule has 0 bridgehead atoms. The minimum Gasteiger partial charge on any atom is -0.0600 e. The van der Waals surface area contributed by atoms with E-state index in [9.17, 15) is 0 Å². The Kier molecular flexibility index (Phi) is 4.19. The fourth-order valence-corrected chi connectivity index (χ4v) is 2.79. The van der Waals surface area contributed by atoms with E-state index in [1.165, 1.54) is 11.1 Å². The summed E-state index contributed by atoms with van der Waals surface area (Å²) in [7, 11) is 0. The van der Waals surface area contributed by atoms with Gasteiger partial charge in [0.1, 0.15) is 0 Å². The Morgan fingerprint density at radius 3 is 2.00 bits per heavy atom. The number of halogens is 2. The molecule has 0 aromatic heterocycles. The van der Waals surface area contributed by atoms with Gasteiger partial charge in [0, 0.05) is 14.5 Å². The van der Waals surface area contributed by atoms with Crippen molar-refractivity contribution in [3.63, 3.8) is 0 Å². The van der Waals surface area contributed by atoms with E-state index < -0.39 is 0 Å². The maximum Gasteiger partial charge on any atom is 0.0259 e. The fourth-order valence-electron chi connectivity index (χ4n) is 1.53. The number of hydrogen-bond acceptors (Lipinski definition) is 0. The predicted octanol–water partition coefficient (Wildman–Crippen LogP) is 5.69. The fraction of sp³-hybridized carbons (Fsp3) is 0.0667. The summed E-state index contributed by atoms with van der Waals surface area (Å²) in [4.78, 5) is 0. The van der Waals surface area contributed by atoms with E-state index in [-0.39, 0.29) is 0 Å². The van der Waals surface area contributed by atoms with Gasteiger partial charge >= 0.3 is 0 Å². The molecule has 0 aliphatic rings. The first-order valence-electron chi connectivity index (χ1n) is 5.35. The summed E-state index contributed by atoms with van der Waals surface area (Å²) in [5, 5.41) is 0. The lowest BCUT2D eigenvalue weighted by Gasteiger charge is -2.01. The van der Waals surface area contributed by atoms with E-state index in [0.29, 0.717) is 0 Å². The van der Waals surface area contributed by atoms with E-state index in [4.69, 9.17) is 0 Å². The number of benzene rings is 2. The van der Waals surface area contributed by atoms with Gasteiger partial charge in [-0.15, -0.1) is 0 Å². The van der Waals surface area contributed by atoms with Crippen molar-refractivity contribution < 1.29 is 0 Å². The van der Waals surface area contributed by atoms with Gasteiger partial charge in [0.05, 0.1) is 0 Å². The third kappa shape index (κ3) is 3.30. The highest BCUT2D eigenvalue weighted by molar-refractivity contribution is 9.11. The van der Waals surface area contributed by atoms with Crippen LogP contribution < -0.4 is 0 Å². The Hall–Kier alpha value is -0.860. The van der Waals surface area contributed by atoms with Crippen LogP contribution in [0.5, 0.6) is 0 Å². The van der Waals surface area contributed by atoms with E-state index >= 15 is 0 Å². The molecule has 0 saturated carbocycles. The molecule has 2 aromatic carbocycles. The molecule has 0 unspecified atom stereocenters. The smallest absolute Gasteiger partial charge is 0.0259 e. The molecular formula is C15H12Br2. The molecule has 2 rings (SSSR count). The van der Waals surface area contributed by atoms with Crippen LogP contribution in [0.2, 0.25) is 0 Å². The minimum atomic E-state index is 1.09. The van der Waals surface area contributed by atoms with Crippen LogP contribution in [0.25, 0.3) is 12.2 Å². The highest BCUT2D eigenvalue weighted by Gasteiger charge is 1.99. The van der Waals surface area contributed by atoms with Crippen molar-refractivity contribution >= 4 is 44.0 Å². The molecule has 0 amide bonds. The molecule has 0 radical (unpaired) electrons. The molecule has 0 spiro atoms. The van der Waals surface area contributed by atoms with Crippen LogP contribution in [0.4, 0.5) is 0 Å². The Morgan fingerprint density at radius 1 is 0.824 bits per heavy atom. The lowest BCUT2D eigenvalue weighted by Crippen LogP contribution is -1.78. The third-order valence-electron chi connectivity index (χ3n) is 2.52. The zero-order chi connectivity index (χ0) is 12.3. The van der Waals surface area contributed by atoms with Crippen LogP contribution >= 0.6 is 31.9 Å². The Balaban J connectivity index is 2.29. The Bertz CT molecular complexity index is 519. The largest absolute Gasteiger partial charge is 0.0600 e. The van der Waals surface area contributed by atoms with Gasteiger partial charge in [-0.1, -0.05) is 79.9 Å². The normalized spacial score (nSPS) is 11.0. The molecule has 2 heteroatoms. The standard InChI is InChI=1S/C15H12Br2/c1-11-5-7-12(8-6-11)9-10-13-14(16)3-2-4-15(13)17/h2-10H,1H3/b10-9+. The maximum absolute atomic E-state index is 3.55. The minimum absolute atomic E-state index is 1.09. The Morgan fingerprint density at radius 2 is 1.41 bits per heavy atom. The second kappa shape index (κ2) is 5.65. The van der Waals surface area contributed by atoms with Crippen LogP contribution in [0.3, 0.4) is 0 Å². The highest BCUT2D eigenvalue weighted by atomic mass is 79.9. The van der Waals surface area contributed by atoms with Gasteiger partial charge in [-0.05, 0) is 24.6 Å². The zero-order valence-electron chi connectivity index (χ0n) is 9.45. The van der Waals surface area contributed by atoms with Gasteiger partial charge in [0.15, 0.2) is 0 Å². The lowest BCUT2D eigenvalue weighted by atomic mass is 10.1. The molecule has 2 aromatic rings. The molecule has 17 heavy (non-hydrogen) atoms. The predicted molar refractivity (Wildman–Crippen MR) is 81.9 cm³/mol. The molecule has 0 saturated heterocycles. The van der Waals surface area contributed by atoms with Crippen molar-refractivity contribution in [2.24, 2.45) is 0 Å². The van der Waals surface area contributed by atoms with Crippen molar-refractivity contribution in [1.82, 2.24) is 0 Å². The van der Waals surface area contributed by atoms with Crippen molar-refractivity contribution in [3.05, 3.63) is 68.1 Å². The average Bonchev–Trinajstić information content (AvgIpc) is 2.31. The summed E-state index contributed by atoms with van der Waals surface area (Å²) >= 11 is 7.10. The monoisotopic (exact) mass is 350 g/mol. The lowest BCUT2D eigenvalue weighted by molar-refractivity contribution is 1.46. The average molecular weight is 352 g/mol. The molecule has 0 aliphatic carbocycles. The first-order chi connectivity index (χ1) is 8.16.